The quantitative estimate of drug-likeness (QED) is 0.677. The van der Waals surface area contributed by atoms with Gasteiger partial charge < -0.3 is 10.0 Å². The Bertz CT molecular complexity index is 604. The minimum atomic E-state index is -1.16. The minimum Gasteiger partial charge on any atom is -0.480 e. The molecule has 1 atom stereocenters. The Morgan fingerprint density at radius 3 is 2.71 bits per heavy atom. The Kier molecular flexibility index (Phi) is 4.15. The van der Waals surface area contributed by atoms with E-state index in [-0.39, 0.29) is 13.0 Å². The van der Waals surface area contributed by atoms with Gasteiger partial charge in [0, 0.05) is 12.6 Å². The number of carbonyl (C=O) groups excluding carboxylic acids is 1. The highest BCUT2D eigenvalue weighted by Gasteiger charge is 2.35. The molecule has 0 spiro atoms. The molecule has 8 heteroatoms. The van der Waals surface area contributed by atoms with Crippen LogP contribution in [0.1, 0.15) is 29.6 Å². The Morgan fingerprint density at radius 2 is 2.10 bits per heavy atom. The first kappa shape index (κ1) is 14.9. The number of halogens is 1. The molecule has 0 saturated carbocycles. The van der Waals surface area contributed by atoms with Gasteiger partial charge in [0.25, 0.3) is 11.6 Å². The first-order valence-electron chi connectivity index (χ1n) is 6.39. The maximum absolute atomic E-state index is 13.3. The van der Waals surface area contributed by atoms with E-state index in [2.05, 4.69) is 0 Å². The summed E-state index contributed by atoms with van der Waals surface area (Å²) in [6.07, 6.45) is 1.55. The maximum Gasteiger partial charge on any atom is 0.326 e. The van der Waals surface area contributed by atoms with Crippen LogP contribution in [0, 0.1) is 15.9 Å². The number of aliphatic carboxylic acids is 1. The van der Waals surface area contributed by atoms with Gasteiger partial charge in [-0.25, -0.2) is 9.18 Å². The van der Waals surface area contributed by atoms with Gasteiger partial charge in [-0.2, -0.15) is 0 Å². The van der Waals surface area contributed by atoms with Gasteiger partial charge in [-0.3, -0.25) is 14.9 Å². The molecular formula is C13H13FN2O5. The van der Waals surface area contributed by atoms with Crippen LogP contribution in [0.15, 0.2) is 18.2 Å². The second-order valence-electron chi connectivity index (χ2n) is 4.77. The third-order valence-electron chi connectivity index (χ3n) is 3.43. The molecule has 112 valence electrons. The zero-order chi connectivity index (χ0) is 15.6. The molecule has 1 amide bonds. The third kappa shape index (κ3) is 2.99. The number of likely N-dealkylation sites (tertiary alicyclic amines) is 1. The summed E-state index contributed by atoms with van der Waals surface area (Å²) in [5.41, 5.74) is -0.954. The first-order chi connectivity index (χ1) is 9.91. The number of hydrogen-bond donors (Lipinski definition) is 1. The Balaban J connectivity index is 2.40. The zero-order valence-electron chi connectivity index (χ0n) is 11.0. The standard InChI is InChI=1S/C13H13FN2O5/c14-8-4-5-10(16(20)21)9(7-8)12(17)15-6-2-1-3-11(15)13(18)19/h4-5,7,11H,1-3,6H2,(H,18,19)/t11-/m1/s1. The fraction of sp³-hybridized carbons (Fsp3) is 0.385. The molecule has 21 heavy (non-hydrogen) atoms. The lowest BCUT2D eigenvalue weighted by Gasteiger charge is -2.32. The van der Waals surface area contributed by atoms with Crippen LogP contribution in [0.4, 0.5) is 10.1 Å². The lowest BCUT2D eigenvalue weighted by molar-refractivity contribution is -0.385. The van der Waals surface area contributed by atoms with Crippen molar-refractivity contribution >= 4 is 17.6 Å². The summed E-state index contributed by atoms with van der Waals surface area (Å²) in [5.74, 6) is -2.77. The van der Waals surface area contributed by atoms with Gasteiger partial charge >= 0.3 is 5.97 Å². The number of hydrogen-bond acceptors (Lipinski definition) is 4. The molecule has 0 aliphatic carbocycles. The van der Waals surface area contributed by atoms with Gasteiger partial charge in [0.2, 0.25) is 0 Å². The van der Waals surface area contributed by atoms with E-state index in [0.29, 0.717) is 12.8 Å². The Labute approximate surface area is 119 Å². The van der Waals surface area contributed by atoms with E-state index < -0.39 is 39.9 Å². The van der Waals surface area contributed by atoms with Crippen LogP contribution in [0.2, 0.25) is 0 Å². The lowest BCUT2D eigenvalue weighted by atomic mass is 10.0. The van der Waals surface area contributed by atoms with Crippen molar-refractivity contribution in [1.82, 2.24) is 4.90 Å². The fourth-order valence-electron chi connectivity index (χ4n) is 2.42. The van der Waals surface area contributed by atoms with Crippen LogP contribution in [0.3, 0.4) is 0 Å². The summed E-state index contributed by atoms with van der Waals surface area (Å²) < 4.78 is 13.3. The van der Waals surface area contributed by atoms with Crippen molar-refractivity contribution in [3.63, 3.8) is 0 Å². The molecule has 0 aromatic heterocycles. The molecule has 1 fully saturated rings. The summed E-state index contributed by atoms with van der Waals surface area (Å²) in [6, 6.07) is 1.53. The van der Waals surface area contributed by atoms with Gasteiger partial charge in [-0.1, -0.05) is 0 Å². The highest BCUT2D eigenvalue weighted by atomic mass is 19.1. The average Bonchev–Trinajstić information content (AvgIpc) is 2.46. The molecule has 0 bridgehead atoms. The van der Waals surface area contributed by atoms with E-state index in [1.807, 2.05) is 0 Å². The largest absolute Gasteiger partial charge is 0.480 e. The van der Waals surface area contributed by atoms with Gasteiger partial charge in [0.05, 0.1) is 4.92 Å². The molecule has 1 aromatic carbocycles. The van der Waals surface area contributed by atoms with E-state index in [4.69, 9.17) is 5.11 Å². The van der Waals surface area contributed by atoms with E-state index in [1.165, 1.54) is 0 Å². The molecule has 1 N–H and O–H groups in total. The number of carboxylic acids is 1. The van der Waals surface area contributed by atoms with E-state index >= 15 is 0 Å². The number of nitro groups is 1. The summed E-state index contributed by atoms with van der Waals surface area (Å²) in [5, 5.41) is 20.1. The number of amides is 1. The number of rotatable bonds is 3. The van der Waals surface area contributed by atoms with Gasteiger partial charge in [-0.05, 0) is 31.4 Å². The number of nitrogens with zero attached hydrogens (tertiary/aromatic N) is 2. The predicted molar refractivity (Wildman–Crippen MR) is 69.4 cm³/mol. The number of carboxylic acid groups (broad SMARTS) is 1. The van der Waals surface area contributed by atoms with E-state index in [1.54, 1.807) is 0 Å². The molecule has 7 nitrogen and oxygen atoms in total. The zero-order valence-corrected chi connectivity index (χ0v) is 11.0. The van der Waals surface area contributed by atoms with Crippen molar-refractivity contribution in [2.24, 2.45) is 0 Å². The molecule has 2 rings (SSSR count). The number of carbonyl (C=O) groups is 2. The molecule has 1 aliphatic heterocycles. The van der Waals surface area contributed by atoms with Crippen molar-refractivity contribution < 1.29 is 24.0 Å². The molecular weight excluding hydrogens is 283 g/mol. The Morgan fingerprint density at radius 1 is 1.38 bits per heavy atom. The van der Waals surface area contributed by atoms with Crippen LogP contribution >= 0.6 is 0 Å². The van der Waals surface area contributed by atoms with Gasteiger partial charge in [0.15, 0.2) is 0 Å². The maximum atomic E-state index is 13.3. The molecule has 0 radical (unpaired) electrons. The van der Waals surface area contributed by atoms with Crippen molar-refractivity contribution in [2.75, 3.05) is 6.54 Å². The van der Waals surface area contributed by atoms with Crippen molar-refractivity contribution in [1.29, 1.82) is 0 Å². The summed E-state index contributed by atoms with van der Waals surface area (Å²) >= 11 is 0. The van der Waals surface area contributed by atoms with Crippen molar-refractivity contribution in [2.45, 2.75) is 25.3 Å². The smallest absolute Gasteiger partial charge is 0.326 e. The van der Waals surface area contributed by atoms with Crippen molar-refractivity contribution in [3.05, 3.63) is 39.7 Å². The summed E-state index contributed by atoms with van der Waals surface area (Å²) in [4.78, 5) is 34.8. The van der Waals surface area contributed by atoms with Crippen LogP contribution in [-0.2, 0) is 4.79 Å². The van der Waals surface area contributed by atoms with Crippen LogP contribution < -0.4 is 0 Å². The highest BCUT2D eigenvalue weighted by Crippen LogP contribution is 2.25. The SMILES string of the molecule is O=C(O)[C@H]1CCCCN1C(=O)c1cc(F)ccc1[N+](=O)[O-]. The molecule has 1 heterocycles. The normalized spacial score (nSPS) is 18.3. The lowest BCUT2D eigenvalue weighted by Crippen LogP contribution is -2.48. The monoisotopic (exact) mass is 296 g/mol. The highest BCUT2D eigenvalue weighted by molar-refractivity contribution is 6.00. The molecule has 1 saturated heterocycles. The average molecular weight is 296 g/mol. The van der Waals surface area contributed by atoms with Gasteiger partial charge in [0.1, 0.15) is 17.4 Å². The van der Waals surface area contributed by atoms with Crippen LogP contribution in [0.25, 0.3) is 0 Å². The predicted octanol–water partition coefficient (Wildman–Crippen LogP) is 1.81. The fourth-order valence-corrected chi connectivity index (χ4v) is 2.42. The third-order valence-corrected chi connectivity index (χ3v) is 3.43. The Hall–Kier alpha value is -2.51. The van der Waals surface area contributed by atoms with Gasteiger partial charge in [-0.15, -0.1) is 0 Å². The molecule has 1 aliphatic rings. The topological polar surface area (TPSA) is 101 Å². The van der Waals surface area contributed by atoms with E-state index in [0.717, 1.165) is 23.1 Å². The number of nitro benzene ring substituents is 1. The van der Waals surface area contributed by atoms with Crippen LogP contribution in [-0.4, -0.2) is 39.4 Å². The molecule has 1 aromatic rings. The second kappa shape index (κ2) is 5.86. The molecule has 0 unspecified atom stereocenters. The minimum absolute atomic E-state index is 0.184. The number of piperidine rings is 1. The number of benzene rings is 1. The van der Waals surface area contributed by atoms with E-state index in [9.17, 15) is 24.1 Å². The van der Waals surface area contributed by atoms with Crippen molar-refractivity contribution in [3.8, 4) is 0 Å². The summed E-state index contributed by atoms with van der Waals surface area (Å²) in [6.45, 7) is 0.184. The van der Waals surface area contributed by atoms with Crippen LogP contribution in [0.5, 0.6) is 0 Å². The first-order valence-corrected chi connectivity index (χ1v) is 6.39. The second-order valence-corrected chi connectivity index (χ2v) is 4.77. The summed E-state index contributed by atoms with van der Waals surface area (Å²) in [7, 11) is 0.